The predicted octanol–water partition coefficient (Wildman–Crippen LogP) is 7.60. The minimum atomic E-state index is -4.76. The highest BCUT2D eigenvalue weighted by Crippen LogP contribution is 2.41. The van der Waals surface area contributed by atoms with Crippen molar-refractivity contribution < 1.29 is 27.5 Å². The molecule has 0 radical (unpaired) electrons. The Kier molecular flexibility index (Phi) is 13.1. The van der Waals surface area contributed by atoms with Crippen LogP contribution in [0.5, 0.6) is 0 Å². The number of rotatable bonds is 13. The van der Waals surface area contributed by atoms with E-state index in [4.69, 9.17) is 16.1 Å². The minimum Gasteiger partial charge on any atom is -0.389 e. The number of nitriles is 1. The number of halogens is 4. The summed E-state index contributed by atoms with van der Waals surface area (Å²) in [6, 6.07) is 12.3. The number of aromatic nitrogens is 1. The third-order valence-electron chi connectivity index (χ3n) is 7.97. The molecule has 0 atom stereocenters. The van der Waals surface area contributed by atoms with E-state index in [1.807, 2.05) is 13.8 Å². The average Bonchev–Trinajstić information content (AvgIpc) is 3.40. The first-order chi connectivity index (χ1) is 23.8. The highest BCUT2D eigenvalue weighted by molar-refractivity contribution is 6.11. The van der Waals surface area contributed by atoms with Crippen molar-refractivity contribution >= 4 is 29.7 Å². The van der Waals surface area contributed by atoms with Crippen LogP contribution in [0, 0.1) is 22.1 Å². The zero-order valence-corrected chi connectivity index (χ0v) is 30.0. The number of unbranched alkanes of at least 4 members (excludes halogenated alkanes) is 1. The fourth-order valence-corrected chi connectivity index (χ4v) is 5.42. The average molecular weight is 711 g/mol. The molecule has 1 aromatic heterocycles. The number of hydrogen-bond donors (Lipinski definition) is 5. The summed E-state index contributed by atoms with van der Waals surface area (Å²) in [7, 11) is 1.51. The number of carbonyl (C=O) groups excluding carboxylic acids is 1. The monoisotopic (exact) mass is 710 g/mol. The second kappa shape index (κ2) is 16.4. The summed E-state index contributed by atoms with van der Waals surface area (Å²) in [6.45, 7) is 9.90. The van der Waals surface area contributed by atoms with Gasteiger partial charge in [-0.25, -0.2) is 9.37 Å². The molecule has 0 bridgehead atoms. The quantitative estimate of drug-likeness (QED) is 0.0530. The van der Waals surface area contributed by atoms with Crippen LogP contribution in [0.4, 0.5) is 29.2 Å². The lowest BCUT2D eigenvalue weighted by molar-refractivity contribution is -0.138. The number of amides is 1. The Hall–Kier alpha value is -4.87. The molecule has 2 aromatic carbocycles. The molecule has 10 nitrogen and oxygen atoms in total. The van der Waals surface area contributed by atoms with Gasteiger partial charge in [-0.1, -0.05) is 26.0 Å². The number of nitrogens with one attached hydrogen (secondary N) is 4. The number of hydrogen-bond acceptors (Lipinski definition) is 8. The predicted molar refractivity (Wildman–Crippen MR) is 192 cm³/mol. The Balaban J connectivity index is 0.00000345. The Labute approximate surface area is 296 Å². The van der Waals surface area contributed by atoms with Gasteiger partial charge in [-0.2, -0.15) is 18.4 Å². The molecule has 1 aliphatic rings. The van der Waals surface area contributed by atoms with Gasteiger partial charge in [0.2, 0.25) is 0 Å². The Bertz CT molecular complexity index is 1790. The molecule has 4 rings (SSSR count). The summed E-state index contributed by atoms with van der Waals surface area (Å²) in [6.07, 6.45) is -3.08. The van der Waals surface area contributed by atoms with Crippen LogP contribution < -0.4 is 15.5 Å². The maximum absolute atomic E-state index is 15.2. The van der Waals surface area contributed by atoms with Crippen LogP contribution in [-0.2, 0) is 24.9 Å². The maximum atomic E-state index is 15.2. The summed E-state index contributed by atoms with van der Waals surface area (Å²) in [5, 5.41) is 41.4. The van der Waals surface area contributed by atoms with Gasteiger partial charge in [-0.15, -0.1) is 0 Å². The highest BCUT2D eigenvalue weighted by atomic mass is 19.4. The summed E-state index contributed by atoms with van der Waals surface area (Å²) in [4.78, 5) is 20.9. The van der Waals surface area contributed by atoms with Gasteiger partial charge in [-0.3, -0.25) is 20.5 Å². The number of nitrogens with zero attached hydrogens (tertiary/aromatic N) is 4. The van der Waals surface area contributed by atoms with E-state index < -0.39 is 35.5 Å². The molecular formula is C37H46F4N8O2. The number of aliphatic hydroxyl groups is 1. The van der Waals surface area contributed by atoms with Crippen LogP contribution in [0.25, 0.3) is 11.1 Å². The van der Waals surface area contributed by atoms with Crippen molar-refractivity contribution in [3.8, 4) is 17.2 Å². The molecule has 0 unspecified atom stereocenters. The highest BCUT2D eigenvalue weighted by Gasteiger charge is 2.41. The van der Waals surface area contributed by atoms with E-state index >= 15 is 4.39 Å². The largest absolute Gasteiger partial charge is 0.416 e. The zero-order chi connectivity index (χ0) is 38.3. The Morgan fingerprint density at radius 2 is 1.78 bits per heavy atom. The topological polar surface area (TPSA) is 152 Å². The Morgan fingerprint density at radius 3 is 2.37 bits per heavy atom. The first kappa shape index (κ1) is 40.6. The number of fused-ring (bicyclic) bond motifs is 1. The van der Waals surface area contributed by atoms with Gasteiger partial charge in [-0.05, 0) is 92.3 Å². The molecule has 1 amide bonds. The molecule has 0 saturated carbocycles. The van der Waals surface area contributed by atoms with Crippen LogP contribution in [0.3, 0.4) is 0 Å². The first-order valence-corrected chi connectivity index (χ1v) is 16.6. The van der Waals surface area contributed by atoms with E-state index in [0.717, 1.165) is 17.3 Å². The van der Waals surface area contributed by atoms with E-state index in [1.54, 1.807) is 38.1 Å². The SMILES string of the molecule is CC.CN(C=N)C(=N)c1ccc(C(C)(C)F)cc1-c1cc(NCCCC#N)nc(N2Cc3c(cc(CNCC(C)(C)O)cc3C(F)(F)F)C2=O)c1. The van der Waals surface area contributed by atoms with Crippen LogP contribution in [0.15, 0.2) is 42.5 Å². The summed E-state index contributed by atoms with van der Waals surface area (Å²) < 4.78 is 58.4. The summed E-state index contributed by atoms with van der Waals surface area (Å²) in [5.41, 5.74) is -2.51. The molecule has 5 N–H and O–H groups in total. The number of carbonyl (C=O) groups is 1. The molecule has 3 aromatic rings. The molecule has 0 fully saturated rings. The number of pyridine rings is 1. The van der Waals surface area contributed by atoms with Crippen molar-refractivity contribution in [3.05, 3.63) is 75.8 Å². The fraction of sp³-hybridized carbons (Fsp3) is 0.432. The van der Waals surface area contributed by atoms with Crippen molar-refractivity contribution in [1.29, 1.82) is 16.1 Å². The van der Waals surface area contributed by atoms with Crippen molar-refractivity contribution in [2.75, 3.05) is 30.4 Å². The second-order valence-corrected chi connectivity index (χ2v) is 13.1. The van der Waals surface area contributed by atoms with E-state index in [2.05, 4.69) is 21.7 Å². The van der Waals surface area contributed by atoms with Gasteiger partial charge in [0.05, 0.1) is 30.1 Å². The van der Waals surface area contributed by atoms with Gasteiger partial charge in [0.15, 0.2) is 0 Å². The Morgan fingerprint density at radius 1 is 1.10 bits per heavy atom. The summed E-state index contributed by atoms with van der Waals surface area (Å²) in [5.74, 6) is -0.482. The molecular weight excluding hydrogens is 664 g/mol. The number of amidine groups is 1. The fourth-order valence-electron chi connectivity index (χ4n) is 5.42. The normalized spacial score (nSPS) is 12.8. The molecule has 51 heavy (non-hydrogen) atoms. The third kappa shape index (κ3) is 10.1. The van der Waals surface area contributed by atoms with Crippen molar-refractivity contribution in [3.63, 3.8) is 0 Å². The molecule has 1 aliphatic heterocycles. The van der Waals surface area contributed by atoms with E-state index in [-0.39, 0.29) is 53.7 Å². The van der Waals surface area contributed by atoms with Crippen molar-refractivity contribution in [2.45, 2.75) is 84.9 Å². The molecule has 0 aliphatic carbocycles. The number of benzene rings is 2. The first-order valence-electron chi connectivity index (χ1n) is 16.6. The lowest BCUT2D eigenvalue weighted by Gasteiger charge is -2.23. The van der Waals surface area contributed by atoms with Gasteiger partial charge >= 0.3 is 6.18 Å². The van der Waals surface area contributed by atoms with Crippen LogP contribution >= 0.6 is 0 Å². The summed E-state index contributed by atoms with van der Waals surface area (Å²) >= 11 is 0. The lowest BCUT2D eigenvalue weighted by Crippen LogP contribution is -2.34. The van der Waals surface area contributed by atoms with Gasteiger partial charge in [0.1, 0.15) is 23.1 Å². The third-order valence-corrected chi connectivity index (χ3v) is 7.97. The van der Waals surface area contributed by atoms with Crippen LogP contribution in [0.2, 0.25) is 0 Å². The van der Waals surface area contributed by atoms with Crippen LogP contribution in [0.1, 0.15) is 92.6 Å². The lowest BCUT2D eigenvalue weighted by atomic mass is 9.91. The molecule has 0 saturated heterocycles. The van der Waals surface area contributed by atoms with Gasteiger partial charge in [0, 0.05) is 44.2 Å². The minimum absolute atomic E-state index is 0.0156. The molecule has 14 heteroatoms. The molecule has 0 spiro atoms. The van der Waals surface area contributed by atoms with E-state index in [9.17, 15) is 23.1 Å². The van der Waals surface area contributed by atoms with Gasteiger partial charge in [0.25, 0.3) is 5.91 Å². The van der Waals surface area contributed by atoms with Crippen LogP contribution in [-0.4, -0.2) is 58.8 Å². The zero-order valence-electron chi connectivity index (χ0n) is 30.0. The van der Waals surface area contributed by atoms with Crippen molar-refractivity contribution in [2.24, 2.45) is 0 Å². The number of alkyl halides is 4. The molecule has 274 valence electrons. The van der Waals surface area contributed by atoms with E-state index in [1.165, 1.54) is 37.9 Å². The van der Waals surface area contributed by atoms with Gasteiger partial charge < -0.3 is 20.6 Å². The standard InChI is InChI=1S/C35H40F4N8O2.C2H6/c1-33(2,49)19-43-17-21-12-26-27(28(13-21)35(37,38)39)18-47(32(26)48)30-15-22(14-29(45-30)44-11-7-6-10-40)25-16-23(34(3,4)36)8-9-24(25)31(42)46(5)20-41;1-2/h8-9,12-16,20,41-43,49H,6-7,11,17-19H2,1-5H3,(H,44,45);1-2H3. The number of anilines is 2. The molecule has 2 heterocycles. The van der Waals surface area contributed by atoms with Crippen molar-refractivity contribution in [1.82, 2.24) is 15.2 Å². The second-order valence-electron chi connectivity index (χ2n) is 13.1. The maximum Gasteiger partial charge on any atom is 0.416 e. The van der Waals surface area contributed by atoms with E-state index in [0.29, 0.717) is 35.2 Å². The smallest absolute Gasteiger partial charge is 0.389 e.